The van der Waals surface area contributed by atoms with Crippen molar-refractivity contribution in [2.24, 2.45) is 0 Å². The average Bonchev–Trinajstić information content (AvgIpc) is 2.46. The molecule has 106 valence electrons. The summed E-state index contributed by atoms with van der Waals surface area (Å²) >= 11 is 0. The molecule has 0 saturated carbocycles. The molecule has 0 bridgehead atoms. The van der Waals surface area contributed by atoms with Crippen LogP contribution in [0.25, 0.3) is 0 Å². The smallest absolute Gasteiger partial charge is 0.236 e. The fourth-order valence-corrected chi connectivity index (χ4v) is 2.40. The maximum atomic E-state index is 12.2. The fourth-order valence-electron chi connectivity index (χ4n) is 2.40. The van der Waals surface area contributed by atoms with Crippen molar-refractivity contribution in [3.8, 4) is 11.8 Å². The highest BCUT2D eigenvalue weighted by molar-refractivity contribution is 5.78. The molecule has 0 aromatic carbocycles. The molecule has 2 saturated heterocycles. The third-order valence-corrected chi connectivity index (χ3v) is 3.67. The normalized spacial score (nSPS) is 21.8. The molecule has 2 heterocycles. The molecule has 2 aliphatic heterocycles. The van der Waals surface area contributed by atoms with Gasteiger partial charge in [-0.3, -0.25) is 14.6 Å². The third kappa shape index (κ3) is 4.50. The van der Waals surface area contributed by atoms with Gasteiger partial charge in [-0.25, -0.2) is 0 Å². The summed E-state index contributed by atoms with van der Waals surface area (Å²) in [6, 6.07) is 0. The van der Waals surface area contributed by atoms with Crippen LogP contribution < -0.4 is 0 Å². The van der Waals surface area contributed by atoms with Crippen molar-refractivity contribution in [1.82, 2.24) is 14.7 Å². The van der Waals surface area contributed by atoms with Crippen molar-refractivity contribution in [3.05, 3.63) is 0 Å². The minimum absolute atomic E-state index is 0.253. The molecule has 0 unspecified atom stereocenters. The first-order valence-corrected chi connectivity index (χ1v) is 6.99. The van der Waals surface area contributed by atoms with Gasteiger partial charge in [0.2, 0.25) is 5.91 Å². The highest BCUT2D eigenvalue weighted by atomic mass is 16.5. The summed E-state index contributed by atoms with van der Waals surface area (Å²) in [5, 5.41) is 0. The quantitative estimate of drug-likeness (QED) is 0.644. The van der Waals surface area contributed by atoms with Crippen LogP contribution in [-0.4, -0.2) is 86.2 Å². The lowest BCUT2D eigenvalue weighted by Crippen LogP contribution is -2.52. The van der Waals surface area contributed by atoms with Crippen LogP contribution in [0.3, 0.4) is 0 Å². The van der Waals surface area contributed by atoms with Gasteiger partial charge in [-0.1, -0.05) is 5.92 Å². The molecular weight excluding hydrogens is 242 g/mol. The molecule has 1 amide bonds. The molecular formula is C14H23N3O2. The van der Waals surface area contributed by atoms with Crippen LogP contribution in [0.5, 0.6) is 0 Å². The Balaban J connectivity index is 1.70. The van der Waals surface area contributed by atoms with E-state index in [1.54, 1.807) is 0 Å². The summed E-state index contributed by atoms with van der Waals surface area (Å²) in [5.41, 5.74) is 0. The topological polar surface area (TPSA) is 36.0 Å². The van der Waals surface area contributed by atoms with Crippen molar-refractivity contribution >= 4 is 5.91 Å². The van der Waals surface area contributed by atoms with Gasteiger partial charge in [0.15, 0.2) is 0 Å². The van der Waals surface area contributed by atoms with Gasteiger partial charge in [0.25, 0.3) is 0 Å². The number of hydrogen-bond acceptors (Lipinski definition) is 4. The minimum atomic E-state index is 0.253. The van der Waals surface area contributed by atoms with E-state index >= 15 is 0 Å². The Bertz CT molecular complexity index is 347. The number of amides is 1. The summed E-state index contributed by atoms with van der Waals surface area (Å²) < 4.78 is 5.29. The van der Waals surface area contributed by atoms with Gasteiger partial charge >= 0.3 is 0 Å². The maximum absolute atomic E-state index is 12.2. The summed E-state index contributed by atoms with van der Waals surface area (Å²) in [7, 11) is 0. The molecule has 0 aliphatic carbocycles. The third-order valence-electron chi connectivity index (χ3n) is 3.67. The highest BCUT2D eigenvalue weighted by Gasteiger charge is 2.22. The van der Waals surface area contributed by atoms with Gasteiger partial charge in [0, 0.05) is 39.3 Å². The van der Waals surface area contributed by atoms with Crippen LogP contribution in [0.15, 0.2) is 0 Å². The number of nitrogens with zero attached hydrogens (tertiary/aromatic N) is 3. The molecule has 5 heteroatoms. The van der Waals surface area contributed by atoms with Crippen LogP contribution in [0.2, 0.25) is 0 Å². The second-order valence-corrected chi connectivity index (χ2v) is 4.97. The second kappa shape index (κ2) is 7.49. The van der Waals surface area contributed by atoms with E-state index in [1.165, 1.54) is 0 Å². The number of carbonyl (C=O) groups excluding carboxylic acids is 1. The number of ether oxygens (including phenoxy) is 1. The van der Waals surface area contributed by atoms with Gasteiger partial charge in [-0.2, -0.15) is 0 Å². The van der Waals surface area contributed by atoms with E-state index in [-0.39, 0.29) is 5.91 Å². The Morgan fingerprint density at radius 3 is 2.37 bits per heavy atom. The van der Waals surface area contributed by atoms with Gasteiger partial charge in [-0.15, -0.1) is 5.92 Å². The summed E-state index contributed by atoms with van der Waals surface area (Å²) in [4.78, 5) is 18.6. The molecule has 0 N–H and O–H groups in total. The largest absolute Gasteiger partial charge is 0.379 e. The van der Waals surface area contributed by atoms with E-state index < -0.39 is 0 Å². The molecule has 0 spiro atoms. The van der Waals surface area contributed by atoms with Crippen LogP contribution in [0.1, 0.15) is 6.92 Å². The zero-order chi connectivity index (χ0) is 13.5. The second-order valence-electron chi connectivity index (χ2n) is 4.97. The van der Waals surface area contributed by atoms with Crippen LogP contribution in [0.4, 0.5) is 0 Å². The first kappa shape index (κ1) is 14.3. The Morgan fingerprint density at radius 2 is 1.74 bits per heavy atom. The number of hydrogen-bond donors (Lipinski definition) is 0. The van der Waals surface area contributed by atoms with Crippen LogP contribution >= 0.6 is 0 Å². The van der Waals surface area contributed by atoms with E-state index in [2.05, 4.69) is 21.6 Å². The number of morpholine rings is 1. The Labute approximate surface area is 115 Å². The highest BCUT2D eigenvalue weighted by Crippen LogP contribution is 2.04. The van der Waals surface area contributed by atoms with Crippen LogP contribution in [-0.2, 0) is 9.53 Å². The predicted molar refractivity (Wildman–Crippen MR) is 73.7 cm³/mol. The molecule has 19 heavy (non-hydrogen) atoms. The lowest BCUT2D eigenvalue weighted by molar-refractivity contribution is -0.135. The zero-order valence-electron chi connectivity index (χ0n) is 11.7. The van der Waals surface area contributed by atoms with Gasteiger partial charge < -0.3 is 9.64 Å². The Kier molecular flexibility index (Phi) is 5.64. The summed E-state index contributed by atoms with van der Waals surface area (Å²) in [6.45, 7) is 9.99. The lowest BCUT2D eigenvalue weighted by Gasteiger charge is -2.35. The molecule has 0 atom stereocenters. The Hall–Kier alpha value is -1.09. The first-order chi connectivity index (χ1) is 9.29. The summed E-state index contributed by atoms with van der Waals surface area (Å²) in [5.74, 6) is 6.24. The number of rotatable bonds is 3. The molecule has 5 nitrogen and oxygen atoms in total. The standard InChI is InChI=1S/C14H23N3O2/c1-2-3-4-15-5-7-17(8-6-15)14(18)13-16-9-11-19-12-10-16/h4-13H2,1H3. The fraction of sp³-hybridized carbons (Fsp3) is 0.786. The van der Waals surface area contributed by atoms with Crippen molar-refractivity contribution in [2.75, 3.05) is 65.6 Å². The molecule has 2 fully saturated rings. The van der Waals surface area contributed by atoms with Crippen molar-refractivity contribution < 1.29 is 9.53 Å². The molecule has 0 radical (unpaired) electrons. The molecule has 0 aromatic rings. The molecule has 2 aliphatic rings. The predicted octanol–water partition coefficient (Wildman–Crippen LogP) is -0.514. The first-order valence-electron chi connectivity index (χ1n) is 6.99. The Morgan fingerprint density at radius 1 is 1.05 bits per heavy atom. The van der Waals surface area contributed by atoms with Crippen molar-refractivity contribution in [3.63, 3.8) is 0 Å². The van der Waals surface area contributed by atoms with Crippen molar-refractivity contribution in [1.29, 1.82) is 0 Å². The lowest BCUT2D eigenvalue weighted by atomic mass is 10.3. The van der Waals surface area contributed by atoms with E-state index in [0.29, 0.717) is 6.54 Å². The van der Waals surface area contributed by atoms with E-state index in [4.69, 9.17) is 4.74 Å². The minimum Gasteiger partial charge on any atom is -0.379 e. The van der Waals surface area contributed by atoms with Crippen LogP contribution in [0, 0.1) is 11.8 Å². The average molecular weight is 265 g/mol. The zero-order valence-corrected chi connectivity index (χ0v) is 11.7. The summed E-state index contributed by atoms with van der Waals surface area (Å²) in [6.07, 6.45) is 0. The molecule has 2 rings (SSSR count). The van der Waals surface area contributed by atoms with E-state index in [1.807, 2.05) is 11.8 Å². The SMILES string of the molecule is CC#CCN1CCN(C(=O)CN2CCOCC2)CC1. The maximum Gasteiger partial charge on any atom is 0.236 e. The van der Waals surface area contributed by atoms with Gasteiger partial charge in [0.1, 0.15) is 0 Å². The molecule has 0 aromatic heterocycles. The van der Waals surface area contributed by atoms with E-state index in [9.17, 15) is 4.79 Å². The van der Waals surface area contributed by atoms with Crippen molar-refractivity contribution in [2.45, 2.75) is 6.92 Å². The number of piperazine rings is 1. The van der Waals surface area contributed by atoms with Gasteiger partial charge in [-0.05, 0) is 6.92 Å². The number of carbonyl (C=O) groups is 1. The van der Waals surface area contributed by atoms with Gasteiger partial charge in [0.05, 0.1) is 26.3 Å². The monoisotopic (exact) mass is 265 g/mol. The van der Waals surface area contributed by atoms with E-state index in [0.717, 1.165) is 59.0 Å².